The van der Waals surface area contributed by atoms with Crippen molar-refractivity contribution in [2.24, 2.45) is 0 Å². The summed E-state index contributed by atoms with van der Waals surface area (Å²) >= 11 is 0. The van der Waals surface area contributed by atoms with Crippen LogP contribution in [0.1, 0.15) is 18.4 Å². The first-order valence-corrected chi connectivity index (χ1v) is 11.1. The number of nitrogens with one attached hydrogen (secondary N) is 1. The van der Waals surface area contributed by atoms with Gasteiger partial charge in [0, 0.05) is 13.1 Å². The summed E-state index contributed by atoms with van der Waals surface area (Å²) in [6.07, 6.45) is 1.81. The summed E-state index contributed by atoms with van der Waals surface area (Å²) in [6.45, 7) is 3.64. The van der Waals surface area contributed by atoms with Gasteiger partial charge in [-0.25, -0.2) is 8.42 Å². The van der Waals surface area contributed by atoms with E-state index in [9.17, 15) is 13.2 Å². The quantitative estimate of drug-likeness (QED) is 0.632. The molecule has 156 valence electrons. The molecular formula is C21H26N2O5S. The maximum Gasteiger partial charge on any atom is 0.258 e. The van der Waals surface area contributed by atoms with E-state index in [0.717, 1.165) is 18.4 Å². The lowest BCUT2D eigenvalue weighted by Crippen LogP contribution is -2.32. The lowest BCUT2D eigenvalue weighted by Gasteiger charge is -2.15. The molecule has 0 radical (unpaired) electrons. The zero-order chi connectivity index (χ0) is 20.7. The van der Waals surface area contributed by atoms with Crippen molar-refractivity contribution in [2.75, 3.05) is 32.8 Å². The molecule has 1 N–H and O–H groups in total. The number of amides is 1. The molecule has 2 aromatic rings. The van der Waals surface area contributed by atoms with Crippen molar-refractivity contribution in [1.29, 1.82) is 0 Å². The van der Waals surface area contributed by atoms with E-state index in [1.165, 1.54) is 4.31 Å². The predicted octanol–water partition coefficient (Wildman–Crippen LogP) is 2.35. The predicted molar refractivity (Wildman–Crippen MR) is 110 cm³/mol. The van der Waals surface area contributed by atoms with Crippen LogP contribution in [0.25, 0.3) is 0 Å². The van der Waals surface area contributed by atoms with Crippen LogP contribution in [-0.4, -0.2) is 51.5 Å². The van der Waals surface area contributed by atoms with Gasteiger partial charge in [0.15, 0.2) is 6.61 Å². The Morgan fingerprint density at radius 1 is 1.03 bits per heavy atom. The van der Waals surface area contributed by atoms with E-state index < -0.39 is 10.0 Å². The summed E-state index contributed by atoms with van der Waals surface area (Å²) in [5.41, 5.74) is 1.07. The van der Waals surface area contributed by atoms with Gasteiger partial charge in [-0.15, -0.1) is 0 Å². The van der Waals surface area contributed by atoms with Crippen LogP contribution in [0, 0.1) is 6.92 Å². The molecule has 7 nitrogen and oxygen atoms in total. The van der Waals surface area contributed by atoms with Gasteiger partial charge in [-0.2, -0.15) is 4.31 Å². The van der Waals surface area contributed by atoms with E-state index in [1.54, 1.807) is 30.3 Å². The van der Waals surface area contributed by atoms with Gasteiger partial charge in [-0.05, 0) is 61.7 Å². The zero-order valence-electron chi connectivity index (χ0n) is 16.5. The first kappa shape index (κ1) is 21.1. The molecule has 3 rings (SSSR count). The highest BCUT2D eigenvalue weighted by Crippen LogP contribution is 2.22. The molecule has 0 unspecified atom stereocenters. The highest BCUT2D eigenvalue weighted by Gasteiger charge is 2.26. The lowest BCUT2D eigenvalue weighted by atomic mass is 10.2. The number of benzene rings is 2. The smallest absolute Gasteiger partial charge is 0.258 e. The third-order valence-corrected chi connectivity index (χ3v) is 6.49. The van der Waals surface area contributed by atoms with Crippen LogP contribution >= 0.6 is 0 Å². The number of hydrogen-bond acceptors (Lipinski definition) is 5. The number of carbonyl (C=O) groups is 1. The third-order valence-electron chi connectivity index (χ3n) is 4.58. The number of hydrogen-bond donors (Lipinski definition) is 1. The summed E-state index contributed by atoms with van der Waals surface area (Å²) in [5.74, 6) is 0.971. The molecule has 0 spiro atoms. The van der Waals surface area contributed by atoms with Crippen LogP contribution in [0.15, 0.2) is 53.4 Å². The van der Waals surface area contributed by atoms with Gasteiger partial charge in [0.1, 0.15) is 18.1 Å². The molecule has 29 heavy (non-hydrogen) atoms. The molecule has 1 aliphatic rings. The molecule has 1 amide bonds. The highest BCUT2D eigenvalue weighted by molar-refractivity contribution is 7.89. The van der Waals surface area contributed by atoms with E-state index in [0.29, 0.717) is 31.1 Å². The van der Waals surface area contributed by atoms with Crippen LogP contribution in [0.3, 0.4) is 0 Å². The fourth-order valence-electron chi connectivity index (χ4n) is 3.05. The Bertz CT molecular complexity index is 922. The highest BCUT2D eigenvalue weighted by atomic mass is 32.2. The molecule has 8 heteroatoms. The molecule has 0 atom stereocenters. The van der Waals surface area contributed by atoms with E-state index in [2.05, 4.69) is 5.32 Å². The first-order valence-electron chi connectivity index (χ1n) is 9.64. The molecule has 2 aromatic carbocycles. The zero-order valence-corrected chi connectivity index (χ0v) is 17.3. The topological polar surface area (TPSA) is 84.9 Å². The van der Waals surface area contributed by atoms with Gasteiger partial charge in [0.2, 0.25) is 10.0 Å². The Kier molecular flexibility index (Phi) is 7.11. The molecule has 1 fully saturated rings. The third kappa shape index (κ3) is 5.95. The Morgan fingerprint density at radius 3 is 2.45 bits per heavy atom. The van der Waals surface area contributed by atoms with Gasteiger partial charge in [-0.3, -0.25) is 4.79 Å². The molecule has 1 saturated heterocycles. The largest absolute Gasteiger partial charge is 0.492 e. The normalized spacial score (nSPS) is 14.5. The standard InChI is InChI=1S/C21H26N2O5S/c1-17-5-4-6-19(15-17)28-16-21(24)22-11-14-27-18-7-9-20(10-8-18)29(25,26)23-12-2-3-13-23/h4-10,15H,2-3,11-14,16H2,1H3,(H,22,24). The van der Waals surface area contributed by atoms with E-state index in [4.69, 9.17) is 9.47 Å². The van der Waals surface area contributed by atoms with Crippen molar-refractivity contribution in [2.45, 2.75) is 24.7 Å². The van der Waals surface area contributed by atoms with Gasteiger partial charge < -0.3 is 14.8 Å². The van der Waals surface area contributed by atoms with Crippen molar-refractivity contribution in [3.05, 3.63) is 54.1 Å². The molecule has 0 aromatic heterocycles. The Morgan fingerprint density at radius 2 is 1.76 bits per heavy atom. The Hall–Kier alpha value is -2.58. The van der Waals surface area contributed by atoms with Crippen LogP contribution in [-0.2, 0) is 14.8 Å². The van der Waals surface area contributed by atoms with Gasteiger partial charge in [-0.1, -0.05) is 12.1 Å². The van der Waals surface area contributed by atoms with Crippen LogP contribution < -0.4 is 14.8 Å². The summed E-state index contributed by atoms with van der Waals surface area (Å²) in [5, 5.41) is 2.72. The van der Waals surface area contributed by atoms with Crippen LogP contribution in [0.5, 0.6) is 11.5 Å². The van der Waals surface area contributed by atoms with Gasteiger partial charge >= 0.3 is 0 Å². The average Bonchev–Trinajstić information content (AvgIpc) is 3.26. The van der Waals surface area contributed by atoms with E-state index in [-0.39, 0.29) is 24.0 Å². The van der Waals surface area contributed by atoms with E-state index in [1.807, 2.05) is 25.1 Å². The second-order valence-corrected chi connectivity index (χ2v) is 8.82. The van der Waals surface area contributed by atoms with Gasteiger partial charge in [0.05, 0.1) is 11.4 Å². The van der Waals surface area contributed by atoms with Crippen molar-refractivity contribution in [1.82, 2.24) is 9.62 Å². The second kappa shape index (κ2) is 9.76. The lowest BCUT2D eigenvalue weighted by molar-refractivity contribution is -0.123. The minimum atomic E-state index is -3.42. The number of carbonyl (C=O) groups excluding carboxylic acids is 1. The maximum atomic E-state index is 12.5. The fourth-order valence-corrected chi connectivity index (χ4v) is 4.57. The van der Waals surface area contributed by atoms with Crippen LogP contribution in [0.2, 0.25) is 0 Å². The van der Waals surface area contributed by atoms with Crippen molar-refractivity contribution >= 4 is 15.9 Å². The number of aryl methyl sites for hydroxylation is 1. The summed E-state index contributed by atoms with van der Waals surface area (Å²) in [6, 6.07) is 13.9. The van der Waals surface area contributed by atoms with Crippen molar-refractivity contribution < 1.29 is 22.7 Å². The molecule has 1 aliphatic heterocycles. The minimum absolute atomic E-state index is 0.0630. The fraction of sp³-hybridized carbons (Fsp3) is 0.381. The van der Waals surface area contributed by atoms with Crippen LogP contribution in [0.4, 0.5) is 0 Å². The first-order chi connectivity index (χ1) is 13.9. The minimum Gasteiger partial charge on any atom is -0.492 e. The second-order valence-electron chi connectivity index (χ2n) is 6.89. The van der Waals surface area contributed by atoms with Crippen molar-refractivity contribution in [3.63, 3.8) is 0 Å². The maximum absolute atomic E-state index is 12.5. The Labute approximate surface area is 171 Å². The number of sulfonamides is 1. The molecule has 1 heterocycles. The number of rotatable bonds is 9. The Balaban J connectivity index is 1.38. The van der Waals surface area contributed by atoms with Gasteiger partial charge in [0.25, 0.3) is 5.91 Å². The van der Waals surface area contributed by atoms with E-state index >= 15 is 0 Å². The summed E-state index contributed by atoms with van der Waals surface area (Å²) in [7, 11) is -3.42. The van der Waals surface area contributed by atoms with Crippen molar-refractivity contribution in [3.8, 4) is 11.5 Å². The number of ether oxygens (including phenoxy) is 2. The SMILES string of the molecule is Cc1cccc(OCC(=O)NCCOc2ccc(S(=O)(=O)N3CCCC3)cc2)c1. The summed E-state index contributed by atoms with van der Waals surface area (Å²) in [4.78, 5) is 12.1. The molecule has 0 aliphatic carbocycles. The molecule has 0 bridgehead atoms. The monoisotopic (exact) mass is 418 g/mol. The summed E-state index contributed by atoms with van der Waals surface area (Å²) < 4.78 is 37.5. The average molecular weight is 419 g/mol. The number of nitrogens with zero attached hydrogens (tertiary/aromatic N) is 1. The molecule has 0 saturated carbocycles. The molecular weight excluding hydrogens is 392 g/mol.